The van der Waals surface area contributed by atoms with Crippen LogP contribution in [0, 0.1) is 13.8 Å². The highest BCUT2D eigenvalue weighted by Crippen LogP contribution is 2.44. The maximum absolute atomic E-state index is 13.2. The van der Waals surface area contributed by atoms with E-state index in [9.17, 15) is 13.6 Å². The Kier molecular flexibility index (Phi) is 4.43. The van der Waals surface area contributed by atoms with Gasteiger partial charge in [-0.15, -0.1) is 8.78 Å². The molecule has 0 saturated carbocycles. The van der Waals surface area contributed by atoms with Crippen molar-refractivity contribution >= 4 is 34.9 Å². The molecule has 0 fully saturated rings. The van der Waals surface area contributed by atoms with Gasteiger partial charge in [-0.3, -0.25) is 4.79 Å². The molecule has 0 aliphatic carbocycles. The van der Waals surface area contributed by atoms with Crippen molar-refractivity contribution in [1.29, 1.82) is 0 Å². The van der Waals surface area contributed by atoms with Crippen LogP contribution in [0.3, 0.4) is 0 Å². The number of alkyl halides is 2. The van der Waals surface area contributed by atoms with E-state index in [0.717, 1.165) is 16.4 Å². The topological polar surface area (TPSA) is 73.3 Å². The van der Waals surface area contributed by atoms with E-state index in [2.05, 4.69) is 24.1 Å². The molecular weight excluding hydrogens is 412 g/mol. The molecular formula is C18H12ClF2N3O3S. The summed E-state index contributed by atoms with van der Waals surface area (Å²) < 4.78 is 39.4. The van der Waals surface area contributed by atoms with Crippen LogP contribution in [-0.4, -0.2) is 21.6 Å². The van der Waals surface area contributed by atoms with Crippen molar-refractivity contribution < 1.29 is 23.0 Å². The number of pyridine rings is 1. The van der Waals surface area contributed by atoms with Crippen LogP contribution in [0.1, 0.15) is 20.9 Å². The molecule has 0 spiro atoms. The van der Waals surface area contributed by atoms with Crippen molar-refractivity contribution in [2.24, 2.45) is 0 Å². The van der Waals surface area contributed by atoms with Crippen molar-refractivity contribution in [2.45, 2.75) is 20.1 Å². The fourth-order valence-electron chi connectivity index (χ4n) is 2.71. The van der Waals surface area contributed by atoms with Gasteiger partial charge in [0.25, 0.3) is 5.91 Å². The molecule has 0 unspecified atom stereocenters. The van der Waals surface area contributed by atoms with Gasteiger partial charge in [0, 0.05) is 16.6 Å². The number of carbonyl (C=O) groups excluding carboxylic acids is 1. The van der Waals surface area contributed by atoms with E-state index in [1.54, 1.807) is 26.0 Å². The Morgan fingerprint density at radius 3 is 2.54 bits per heavy atom. The number of benzene rings is 1. The number of rotatable bonds is 3. The van der Waals surface area contributed by atoms with Crippen LogP contribution in [-0.2, 0) is 0 Å². The van der Waals surface area contributed by atoms with Crippen molar-refractivity contribution in [3.63, 3.8) is 0 Å². The van der Waals surface area contributed by atoms with Crippen molar-refractivity contribution in [3.8, 4) is 22.6 Å². The lowest BCUT2D eigenvalue weighted by atomic mass is 10.0. The quantitative estimate of drug-likeness (QED) is 0.638. The molecule has 3 heterocycles. The van der Waals surface area contributed by atoms with E-state index in [1.165, 1.54) is 18.3 Å². The molecule has 1 amide bonds. The minimum atomic E-state index is -3.67. The van der Waals surface area contributed by atoms with Gasteiger partial charge in [-0.25, -0.2) is 4.98 Å². The number of nitrogens with one attached hydrogen (secondary N) is 1. The van der Waals surface area contributed by atoms with Crippen LogP contribution in [0.25, 0.3) is 11.1 Å². The van der Waals surface area contributed by atoms with E-state index in [-0.39, 0.29) is 17.2 Å². The SMILES string of the molecule is Cc1cc2c(cc1-c1ccc(NC(=O)c3nsc(C)c3Cl)nc1)OC(F)(F)O2. The first kappa shape index (κ1) is 18.6. The van der Waals surface area contributed by atoms with E-state index in [4.69, 9.17) is 11.6 Å². The fraction of sp³-hybridized carbons (Fsp3) is 0.167. The zero-order chi connectivity index (χ0) is 20.1. The molecule has 144 valence electrons. The highest BCUT2D eigenvalue weighted by atomic mass is 35.5. The van der Waals surface area contributed by atoms with Crippen LogP contribution in [0.5, 0.6) is 11.5 Å². The molecule has 1 aromatic carbocycles. The second-order valence-electron chi connectivity index (χ2n) is 6.07. The van der Waals surface area contributed by atoms with Crippen molar-refractivity contribution in [2.75, 3.05) is 5.32 Å². The van der Waals surface area contributed by atoms with E-state index in [0.29, 0.717) is 27.5 Å². The molecule has 2 aromatic heterocycles. The first-order valence-corrected chi connectivity index (χ1v) is 9.19. The molecule has 4 rings (SSSR count). The van der Waals surface area contributed by atoms with Crippen LogP contribution in [0.15, 0.2) is 30.5 Å². The molecule has 0 bridgehead atoms. The lowest BCUT2D eigenvalue weighted by Crippen LogP contribution is -2.25. The molecule has 1 aliphatic rings. The second-order valence-corrected chi connectivity index (χ2v) is 7.42. The average Bonchev–Trinajstić information content (AvgIpc) is 3.12. The number of fused-ring (bicyclic) bond motifs is 1. The van der Waals surface area contributed by atoms with Gasteiger partial charge < -0.3 is 14.8 Å². The third-order valence-electron chi connectivity index (χ3n) is 4.07. The maximum Gasteiger partial charge on any atom is 0.586 e. The van der Waals surface area contributed by atoms with Crippen LogP contribution >= 0.6 is 23.1 Å². The zero-order valence-corrected chi connectivity index (χ0v) is 16.1. The highest BCUT2D eigenvalue weighted by Gasteiger charge is 2.43. The molecule has 10 heteroatoms. The Morgan fingerprint density at radius 2 is 1.93 bits per heavy atom. The first-order chi connectivity index (χ1) is 13.2. The maximum atomic E-state index is 13.2. The number of anilines is 1. The molecule has 0 saturated heterocycles. The highest BCUT2D eigenvalue weighted by molar-refractivity contribution is 7.06. The van der Waals surface area contributed by atoms with Crippen LogP contribution in [0.4, 0.5) is 14.6 Å². The van der Waals surface area contributed by atoms with Gasteiger partial charge in [0.05, 0.1) is 5.02 Å². The summed E-state index contributed by atoms with van der Waals surface area (Å²) in [4.78, 5) is 17.2. The van der Waals surface area contributed by atoms with Gasteiger partial charge in [0.15, 0.2) is 17.2 Å². The minimum absolute atomic E-state index is 0.0153. The van der Waals surface area contributed by atoms with E-state index >= 15 is 0 Å². The summed E-state index contributed by atoms with van der Waals surface area (Å²) in [5, 5.41) is 2.94. The number of ether oxygens (including phenoxy) is 2. The van der Waals surface area contributed by atoms with Gasteiger partial charge in [-0.1, -0.05) is 11.6 Å². The number of hydrogen-bond acceptors (Lipinski definition) is 6. The summed E-state index contributed by atoms with van der Waals surface area (Å²) in [5.74, 6) is -0.216. The molecule has 1 aliphatic heterocycles. The van der Waals surface area contributed by atoms with E-state index in [1.807, 2.05) is 0 Å². The first-order valence-electron chi connectivity index (χ1n) is 8.03. The number of amides is 1. The number of halogens is 3. The molecule has 3 aromatic rings. The van der Waals surface area contributed by atoms with Gasteiger partial charge in [-0.05, 0) is 60.8 Å². The number of aryl methyl sites for hydroxylation is 2. The summed E-state index contributed by atoms with van der Waals surface area (Å²) in [5.41, 5.74) is 2.18. The number of nitrogens with zero attached hydrogens (tertiary/aromatic N) is 2. The average molecular weight is 424 g/mol. The molecule has 0 atom stereocenters. The number of aromatic nitrogens is 2. The van der Waals surface area contributed by atoms with Crippen LogP contribution < -0.4 is 14.8 Å². The smallest absolute Gasteiger partial charge is 0.395 e. The zero-order valence-electron chi connectivity index (χ0n) is 14.5. The fourth-order valence-corrected chi connectivity index (χ4v) is 3.57. The second kappa shape index (κ2) is 6.68. The summed E-state index contributed by atoms with van der Waals surface area (Å²) in [7, 11) is 0. The van der Waals surface area contributed by atoms with Gasteiger partial charge >= 0.3 is 6.29 Å². The Morgan fingerprint density at radius 1 is 1.21 bits per heavy atom. The van der Waals surface area contributed by atoms with Crippen LogP contribution in [0.2, 0.25) is 5.02 Å². The Bertz CT molecular complexity index is 1090. The third kappa shape index (κ3) is 3.38. The molecule has 1 N–H and O–H groups in total. The Labute approximate surface area is 167 Å². The standard InChI is InChI=1S/C18H12ClF2N3O3S/c1-8-5-12-13(27-18(20,21)26-12)6-11(8)10-3-4-14(22-7-10)23-17(25)16-15(19)9(2)28-24-16/h3-7H,1-2H3,(H,22,23,25). The minimum Gasteiger partial charge on any atom is -0.395 e. The van der Waals surface area contributed by atoms with E-state index < -0.39 is 12.2 Å². The Hall–Kier alpha value is -2.78. The van der Waals surface area contributed by atoms with Crippen molar-refractivity contribution in [1.82, 2.24) is 9.36 Å². The molecule has 6 nitrogen and oxygen atoms in total. The van der Waals surface area contributed by atoms with Gasteiger partial charge in [-0.2, -0.15) is 4.37 Å². The summed E-state index contributed by atoms with van der Waals surface area (Å²) in [6.07, 6.45) is -2.15. The largest absolute Gasteiger partial charge is 0.586 e. The predicted octanol–water partition coefficient (Wildman–Crippen LogP) is 5.05. The van der Waals surface area contributed by atoms with Gasteiger partial charge in [0.1, 0.15) is 5.82 Å². The normalized spacial score (nSPS) is 14.2. The third-order valence-corrected chi connectivity index (χ3v) is 5.40. The predicted molar refractivity (Wildman–Crippen MR) is 100 cm³/mol. The molecule has 0 radical (unpaired) electrons. The summed E-state index contributed by atoms with van der Waals surface area (Å²) >= 11 is 7.19. The molecule has 28 heavy (non-hydrogen) atoms. The number of carbonyl (C=O) groups is 1. The summed E-state index contributed by atoms with van der Waals surface area (Å²) in [6.45, 7) is 3.53. The summed E-state index contributed by atoms with van der Waals surface area (Å²) in [6, 6.07) is 6.25. The Balaban J connectivity index is 1.56. The monoisotopic (exact) mass is 423 g/mol. The lowest BCUT2D eigenvalue weighted by molar-refractivity contribution is -0.286. The van der Waals surface area contributed by atoms with Gasteiger partial charge in [0.2, 0.25) is 0 Å². The van der Waals surface area contributed by atoms with Crippen molar-refractivity contribution in [3.05, 3.63) is 51.6 Å². The number of hydrogen-bond donors (Lipinski definition) is 1. The lowest BCUT2D eigenvalue weighted by Gasteiger charge is -2.08.